The molecule has 24 heavy (non-hydrogen) atoms. The smallest absolute Gasteiger partial charge is 0.224 e. The Morgan fingerprint density at radius 3 is 2.71 bits per heavy atom. The Kier molecular flexibility index (Phi) is 8.79. The highest BCUT2D eigenvalue weighted by atomic mass is 35.5. The minimum atomic E-state index is 0. The molecule has 1 aromatic carbocycles. The number of hydrogen-bond donors (Lipinski definition) is 2. The van der Waals surface area contributed by atoms with Crippen LogP contribution in [0.1, 0.15) is 38.7 Å². The molecule has 1 atom stereocenters. The number of carbonyl (C=O) groups excluding carboxylic acids is 2. The summed E-state index contributed by atoms with van der Waals surface area (Å²) >= 11 is 0. The lowest BCUT2D eigenvalue weighted by Gasteiger charge is -2.21. The van der Waals surface area contributed by atoms with E-state index in [1.165, 1.54) is 0 Å². The van der Waals surface area contributed by atoms with Crippen LogP contribution in [-0.4, -0.2) is 36.3 Å². The van der Waals surface area contributed by atoms with Crippen molar-refractivity contribution in [3.8, 4) is 0 Å². The van der Waals surface area contributed by atoms with Crippen molar-refractivity contribution < 1.29 is 9.59 Å². The van der Waals surface area contributed by atoms with E-state index in [0.717, 1.165) is 37.2 Å². The van der Waals surface area contributed by atoms with Gasteiger partial charge in [-0.25, -0.2) is 0 Å². The van der Waals surface area contributed by atoms with E-state index in [0.29, 0.717) is 25.4 Å². The van der Waals surface area contributed by atoms with E-state index in [1.807, 2.05) is 31.2 Å². The molecule has 2 rings (SSSR count). The van der Waals surface area contributed by atoms with Crippen molar-refractivity contribution in [2.24, 2.45) is 5.92 Å². The van der Waals surface area contributed by atoms with Gasteiger partial charge in [-0.15, -0.1) is 12.4 Å². The molecule has 5 nitrogen and oxygen atoms in total. The molecule has 2 amide bonds. The largest absolute Gasteiger partial charge is 0.339 e. The zero-order valence-corrected chi connectivity index (χ0v) is 15.3. The van der Waals surface area contributed by atoms with Crippen LogP contribution < -0.4 is 10.6 Å². The highest BCUT2D eigenvalue weighted by Gasteiger charge is 2.16. The SMILES string of the molecule is CCN(Cc1ccccc1NC(=O)CCC1CCNC1)C(C)=O.Cl. The second-order valence-electron chi connectivity index (χ2n) is 6.14. The van der Waals surface area contributed by atoms with Crippen molar-refractivity contribution in [3.63, 3.8) is 0 Å². The number of carbonyl (C=O) groups is 2. The predicted octanol–water partition coefficient (Wildman–Crippen LogP) is 2.81. The average Bonchev–Trinajstić information content (AvgIpc) is 3.05. The van der Waals surface area contributed by atoms with Crippen LogP contribution in [0.3, 0.4) is 0 Å². The molecule has 1 fully saturated rings. The molecule has 1 aromatic rings. The van der Waals surface area contributed by atoms with E-state index < -0.39 is 0 Å². The van der Waals surface area contributed by atoms with Crippen LogP contribution >= 0.6 is 12.4 Å². The van der Waals surface area contributed by atoms with E-state index in [2.05, 4.69) is 10.6 Å². The summed E-state index contributed by atoms with van der Waals surface area (Å²) in [5.74, 6) is 0.710. The van der Waals surface area contributed by atoms with Crippen molar-refractivity contribution in [2.75, 3.05) is 25.0 Å². The highest BCUT2D eigenvalue weighted by molar-refractivity contribution is 5.91. The second-order valence-corrected chi connectivity index (χ2v) is 6.14. The van der Waals surface area contributed by atoms with Gasteiger partial charge in [0.05, 0.1) is 0 Å². The summed E-state index contributed by atoms with van der Waals surface area (Å²) in [5.41, 5.74) is 1.78. The van der Waals surface area contributed by atoms with Crippen LogP contribution in [0.2, 0.25) is 0 Å². The van der Waals surface area contributed by atoms with Gasteiger partial charge in [-0.2, -0.15) is 0 Å². The molecule has 0 aromatic heterocycles. The first-order valence-corrected chi connectivity index (χ1v) is 8.44. The number of nitrogens with one attached hydrogen (secondary N) is 2. The van der Waals surface area contributed by atoms with Crippen molar-refractivity contribution in [1.82, 2.24) is 10.2 Å². The fraction of sp³-hybridized carbons (Fsp3) is 0.556. The first-order valence-electron chi connectivity index (χ1n) is 8.44. The van der Waals surface area contributed by atoms with Crippen molar-refractivity contribution in [2.45, 2.75) is 39.7 Å². The maximum Gasteiger partial charge on any atom is 0.224 e. The molecule has 1 unspecified atom stereocenters. The van der Waals surface area contributed by atoms with Crippen LogP contribution in [0.4, 0.5) is 5.69 Å². The van der Waals surface area contributed by atoms with Crippen molar-refractivity contribution in [3.05, 3.63) is 29.8 Å². The molecule has 2 N–H and O–H groups in total. The third-order valence-corrected chi connectivity index (χ3v) is 4.42. The van der Waals surface area contributed by atoms with Crippen LogP contribution in [0, 0.1) is 5.92 Å². The highest BCUT2D eigenvalue weighted by Crippen LogP contribution is 2.19. The number of benzene rings is 1. The summed E-state index contributed by atoms with van der Waals surface area (Å²) in [6.07, 6.45) is 2.63. The van der Waals surface area contributed by atoms with Gasteiger partial charge >= 0.3 is 0 Å². The van der Waals surface area contributed by atoms with Crippen LogP contribution in [0.15, 0.2) is 24.3 Å². The number of halogens is 1. The molecular weight excluding hydrogens is 326 g/mol. The van der Waals surface area contributed by atoms with Gasteiger partial charge in [0.2, 0.25) is 11.8 Å². The molecule has 1 aliphatic heterocycles. The summed E-state index contributed by atoms with van der Waals surface area (Å²) in [4.78, 5) is 25.6. The van der Waals surface area contributed by atoms with E-state index in [-0.39, 0.29) is 24.2 Å². The first-order chi connectivity index (χ1) is 11.1. The molecule has 1 aliphatic rings. The maximum atomic E-state index is 12.2. The number of anilines is 1. The van der Waals surface area contributed by atoms with Gasteiger partial charge in [0.15, 0.2) is 0 Å². The van der Waals surface area contributed by atoms with Crippen molar-refractivity contribution in [1.29, 1.82) is 0 Å². The predicted molar refractivity (Wildman–Crippen MR) is 99.3 cm³/mol. The maximum absolute atomic E-state index is 12.2. The topological polar surface area (TPSA) is 61.4 Å². The Morgan fingerprint density at radius 1 is 1.33 bits per heavy atom. The molecule has 1 saturated heterocycles. The molecule has 1 heterocycles. The summed E-state index contributed by atoms with van der Waals surface area (Å²) in [6.45, 7) is 6.79. The average molecular weight is 354 g/mol. The first kappa shape index (κ1) is 20.5. The zero-order chi connectivity index (χ0) is 16.7. The zero-order valence-electron chi connectivity index (χ0n) is 14.5. The fourth-order valence-corrected chi connectivity index (χ4v) is 2.94. The van der Waals surface area contributed by atoms with Gasteiger partial charge in [-0.05, 0) is 50.4 Å². The quantitative estimate of drug-likeness (QED) is 0.792. The fourth-order valence-electron chi connectivity index (χ4n) is 2.94. The van der Waals surface area contributed by atoms with E-state index >= 15 is 0 Å². The number of hydrogen-bond acceptors (Lipinski definition) is 3. The van der Waals surface area contributed by atoms with Crippen LogP contribution in [0.25, 0.3) is 0 Å². The van der Waals surface area contributed by atoms with Gasteiger partial charge in [0, 0.05) is 32.1 Å². The Bertz CT molecular complexity index is 545. The number of rotatable bonds is 7. The third kappa shape index (κ3) is 6.13. The van der Waals surface area contributed by atoms with E-state index in [9.17, 15) is 9.59 Å². The lowest BCUT2D eigenvalue weighted by atomic mass is 10.0. The molecule has 134 valence electrons. The molecule has 0 aliphatic carbocycles. The molecular formula is C18H28ClN3O2. The normalized spacial score (nSPS) is 16.3. The Balaban J connectivity index is 0.00000288. The summed E-state index contributed by atoms with van der Waals surface area (Å²) in [5, 5.41) is 6.33. The third-order valence-electron chi connectivity index (χ3n) is 4.42. The number of para-hydroxylation sites is 1. The van der Waals surface area contributed by atoms with E-state index in [4.69, 9.17) is 0 Å². The summed E-state index contributed by atoms with van der Waals surface area (Å²) in [7, 11) is 0. The Labute approximate surface area is 150 Å². The van der Waals surface area contributed by atoms with Crippen molar-refractivity contribution >= 4 is 29.9 Å². The molecule has 6 heteroatoms. The Hall–Kier alpha value is -1.59. The Morgan fingerprint density at radius 2 is 2.08 bits per heavy atom. The lowest BCUT2D eigenvalue weighted by molar-refractivity contribution is -0.129. The second kappa shape index (κ2) is 10.3. The van der Waals surface area contributed by atoms with E-state index in [1.54, 1.807) is 11.8 Å². The molecule has 0 saturated carbocycles. The van der Waals surface area contributed by atoms with Gasteiger partial charge in [0.25, 0.3) is 0 Å². The van der Waals surface area contributed by atoms with Gasteiger partial charge in [0.1, 0.15) is 0 Å². The van der Waals surface area contributed by atoms with Gasteiger partial charge in [-0.3, -0.25) is 9.59 Å². The number of nitrogens with zero attached hydrogens (tertiary/aromatic N) is 1. The molecule has 0 spiro atoms. The van der Waals surface area contributed by atoms with Gasteiger partial charge in [-0.1, -0.05) is 18.2 Å². The van der Waals surface area contributed by atoms with Crippen LogP contribution in [-0.2, 0) is 16.1 Å². The minimum Gasteiger partial charge on any atom is -0.339 e. The monoisotopic (exact) mass is 353 g/mol. The molecule has 0 bridgehead atoms. The number of amides is 2. The summed E-state index contributed by atoms with van der Waals surface area (Å²) < 4.78 is 0. The standard InChI is InChI=1S/C18H27N3O2.ClH/c1-3-21(14(2)22)13-16-6-4-5-7-17(16)20-18(23)9-8-15-10-11-19-12-15;/h4-7,15,19H,3,8-13H2,1-2H3,(H,20,23);1H. The lowest BCUT2D eigenvalue weighted by Crippen LogP contribution is -2.28. The molecule has 0 radical (unpaired) electrons. The minimum absolute atomic E-state index is 0. The summed E-state index contributed by atoms with van der Waals surface area (Å²) in [6, 6.07) is 7.70. The van der Waals surface area contributed by atoms with Crippen LogP contribution in [0.5, 0.6) is 0 Å². The van der Waals surface area contributed by atoms with Gasteiger partial charge < -0.3 is 15.5 Å².